The number of hydrogen-bond donors (Lipinski definition) is 1. The van der Waals surface area contributed by atoms with Gasteiger partial charge in [-0.2, -0.15) is 0 Å². The predicted octanol–water partition coefficient (Wildman–Crippen LogP) is 2.63. The summed E-state index contributed by atoms with van der Waals surface area (Å²) < 4.78 is 0. The molecule has 1 aliphatic rings. The fraction of sp³-hybridized carbons (Fsp3) is 0.562. The van der Waals surface area contributed by atoms with Crippen molar-refractivity contribution in [1.29, 1.82) is 0 Å². The van der Waals surface area contributed by atoms with E-state index in [-0.39, 0.29) is 5.91 Å². The summed E-state index contributed by atoms with van der Waals surface area (Å²) in [6.45, 7) is 6.02. The van der Waals surface area contributed by atoms with E-state index in [1.54, 1.807) is 0 Å². The summed E-state index contributed by atoms with van der Waals surface area (Å²) in [5.41, 5.74) is 2.06. The summed E-state index contributed by atoms with van der Waals surface area (Å²) in [5, 5.41) is 3.29. The van der Waals surface area contributed by atoms with E-state index in [9.17, 15) is 4.79 Å². The quantitative estimate of drug-likeness (QED) is 0.906. The number of benzene rings is 1. The molecule has 0 atom stereocenters. The van der Waals surface area contributed by atoms with Crippen molar-refractivity contribution in [3.63, 3.8) is 0 Å². The van der Waals surface area contributed by atoms with Gasteiger partial charge in [0.05, 0.1) is 0 Å². The molecule has 1 aromatic rings. The number of rotatable bonds is 3. The Labute approximate surface area is 116 Å². The molecule has 104 valence electrons. The third-order valence-corrected chi connectivity index (χ3v) is 3.99. The van der Waals surface area contributed by atoms with Gasteiger partial charge in [0.25, 0.3) is 5.91 Å². The first kappa shape index (κ1) is 14.1. The lowest BCUT2D eigenvalue weighted by Crippen LogP contribution is -2.43. The van der Waals surface area contributed by atoms with Crippen molar-refractivity contribution in [3.05, 3.63) is 35.4 Å². The second-order valence-electron chi connectivity index (χ2n) is 5.64. The van der Waals surface area contributed by atoms with Gasteiger partial charge in [0.2, 0.25) is 0 Å². The standard InChI is InChI=1S/C16H24N2O/c1-12(2)13-5-4-6-14(11-13)16(19)18-9-7-15(17-3)8-10-18/h4-6,11-12,15,17H,7-10H2,1-3H3. The minimum atomic E-state index is 0.178. The van der Waals surface area contributed by atoms with E-state index in [0.717, 1.165) is 31.5 Å². The molecule has 3 nitrogen and oxygen atoms in total. The van der Waals surface area contributed by atoms with Gasteiger partial charge < -0.3 is 10.2 Å². The van der Waals surface area contributed by atoms with Crippen molar-refractivity contribution in [2.24, 2.45) is 0 Å². The predicted molar refractivity (Wildman–Crippen MR) is 78.5 cm³/mol. The summed E-state index contributed by atoms with van der Waals surface area (Å²) in [7, 11) is 1.99. The van der Waals surface area contributed by atoms with Crippen LogP contribution in [0.4, 0.5) is 0 Å². The van der Waals surface area contributed by atoms with E-state index in [2.05, 4.69) is 25.2 Å². The Morgan fingerprint density at radius 1 is 1.32 bits per heavy atom. The van der Waals surface area contributed by atoms with Gasteiger partial charge in [-0.15, -0.1) is 0 Å². The van der Waals surface area contributed by atoms with Gasteiger partial charge in [0.1, 0.15) is 0 Å². The second kappa shape index (κ2) is 6.20. The van der Waals surface area contributed by atoms with E-state index in [4.69, 9.17) is 0 Å². The maximum Gasteiger partial charge on any atom is 0.253 e. The fourth-order valence-electron chi connectivity index (χ4n) is 2.58. The highest BCUT2D eigenvalue weighted by molar-refractivity contribution is 5.94. The molecule has 2 rings (SSSR count). The van der Waals surface area contributed by atoms with Gasteiger partial charge in [-0.3, -0.25) is 4.79 Å². The normalized spacial score (nSPS) is 16.9. The Morgan fingerprint density at radius 3 is 2.58 bits per heavy atom. The maximum absolute atomic E-state index is 12.5. The summed E-state index contributed by atoms with van der Waals surface area (Å²) >= 11 is 0. The average molecular weight is 260 g/mol. The Balaban J connectivity index is 2.06. The number of nitrogens with zero attached hydrogens (tertiary/aromatic N) is 1. The molecular weight excluding hydrogens is 236 g/mol. The molecular formula is C16H24N2O. The molecule has 1 heterocycles. The van der Waals surface area contributed by atoms with Crippen molar-refractivity contribution in [1.82, 2.24) is 10.2 Å². The third-order valence-electron chi connectivity index (χ3n) is 3.99. The highest BCUT2D eigenvalue weighted by Crippen LogP contribution is 2.18. The molecule has 0 bridgehead atoms. The molecule has 1 aromatic carbocycles. The number of amides is 1. The van der Waals surface area contributed by atoms with E-state index in [1.807, 2.05) is 30.1 Å². The number of carbonyl (C=O) groups is 1. The molecule has 1 aliphatic heterocycles. The van der Waals surface area contributed by atoms with Crippen molar-refractivity contribution < 1.29 is 4.79 Å². The van der Waals surface area contributed by atoms with Gasteiger partial charge in [-0.05, 0) is 43.5 Å². The molecule has 0 aromatic heterocycles. The molecule has 1 N–H and O–H groups in total. The minimum absolute atomic E-state index is 0.178. The Morgan fingerprint density at radius 2 is 2.00 bits per heavy atom. The topological polar surface area (TPSA) is 32.3 Å². The van der Waals surface area contributed by atoms with Crippen LogP contribution in [0.15, 0.2) is 24.3 Å². The minimum Gasteiger partial charge on any atom is -0.339 e. The number of hydrogen-bond acceptors (Lipinski definition) is 2. The zero-order valence-electron chi connectivity index (χ0n) is 12.1. The number of likely N-dealkylation sites (tertiary alicyclic amines) is 1. The van der Waals surface area contributed by atoms with Crippen molar-refractivity contribution >= 4 is 5.91 Å². The van der Waals surface area contributed by atoms with E-state index in [1.165, 1.54) is 5.56 Å². The Kier molecular flexibility index (Phi) is 4.59. The number of nitrogens with one attached hydrogen (secondary N) is 1. The molecule has 0 radical (unpaired) electrons. The van der Waals surface area contributed by atoms with Crippen LogP contribution in [0.1, 0.15) is 48.5 Å². The van der Waals surface area contributed by atoms with Crippen molar-refractivity contribution in [2.45, 2.75) is 38.6 Å². The highest BCUT2D eigenvalue weighted by Gasteiger charge is 2.22. The van der Waals surface area contributed by atoms with Crippen LogP contribution in [0.2, 0.25) is 0 Å². The molecule has 1 amide bonds. The van der Waals surface area contributed by atoms with Crippen LogP contribution >= 0.6 is 0 Å². The lowest BCUT2D eigenvalue weighted by atomic mass is 9.99. The Hall–Kier alpha value is -1.35. The summed E-state index contributed by atoms with van der Waals surface area (Å²) in [6, 6.07) is 8.61. The molecule has 19 heavy (non-hydrogen) atoms. The first-order valence-corrected chi connectivity index (χ1v) is 7.18. The van der Waals surface area contributed by atoms with Crippen LogP contribution in [-0.2, 0) is 0 Å². The van der Waals surface area contributed by atoms with Crippen LogP contribution in [-0.4, -0.2) is 37.0 Å². The molecule has 0 saturated carbocycles. The second-order valence-corrected chi connectivity index (χ2v) is 5.64. The lowest BCUT2D eigenvalue weighted by Gasteiger charge is -2.32. The van der Waals surface area contributed by atoms with Crippen molar-refractivity contribution in [3.8, 4) is 0 Å². The fourth-order valence-corrected chi connectivity index (χ4v) is 2.58. The van der Waals surface area contributed by atoms with Gasteiger partial charge in [-0.25, -0.2) is 0 Å². The SMILES string of the molecule is CNC1CCN(C(=O)c2cccc(C(C)C)c2)CC1. The summed E-state index contributed by atoms with van der Waals surface area (Å²) in [4.78, 5) is 14.5. The maximum atomic E-state index is 12.5. The van der Waals surface area contributed by atoms with Gasteiger partial charge >= 0.3 is 0 Å². The molecule has 0 unspecified atom stereocenters. The van der Waals surface area contributed by atoms with Crippen LogP contribution in [0.5, 0.6) is 0 Å². The van der Waals surface area contributed by atoms with E-state index >= 15 is 0 Å². The molecule has 1 saturated heterocycles. The zero-order valence-corrected chi connectivity index (χ0v) is 12.1. The van der Waals surface area contributed by atoms with Gasteiger partial charge in [-0.1, -0.05) is 26.0 Å². The van der Waals surface area contributed by atoms with E-state index < -0.39 is 0 Å². The molecule has 0 spiro atoms. The third kappa shape index (κ3) is 3.35. The molecule has 1 fully saturated rings. The van der Waals surface area contributed by atoms with Crippen LogP contribution in [0.25, 0.3) is 0 Å². The van der Waals surface area contributed by atoms with Gasteiger partial charge in [0, 0.05) is 24.7 Å². The monoisotopic (exact) mass is 260 g/mol. The first-order chi connectivity index (χ1) is 9.11. The first-order valence-electron chi connectivity index (χ1n) is 7.18. The summed E-state index contributed by atoms with van der Waals surface area (Å²) in [5.74, 6) is 0.639. The largest absolute Gasteiger partial charge is 0.339 e. The molecule has 0 aliphatic carbocycles. The Bertz CT molecular complexity index is 434. The average Bonchev–Trinajstić information content (AvgIpc) is 2.46. The van der Waals surface area contributed by atoms with Crippen LogP contribution in [0, 0.1) is 0 Å². The van der Waals surface area contributed by atoms with Gasteiger partial charge in [0.15, 0.2) is 0 Å². The summed E-state index contributed by atoms with van der Waals surface area (Å²) in [6.07, 6.45) is 2.10. The van der Waals surface area contributed by atoms with Crippen LogP contribution in [0.3, 0.4) is 0 Å². The number of carbonyl (C=O) groups excluding carboxylic acids is 1. The smallest absolute Gasteiger partial charge is 0.253 e. The highest BCUT2D eigenvalue weighted by atomic mass is 16.2. The van der Waals surface area contributed by atoms with E-state index in [0.29, 0.717) is 12.0 Å². The zero-order chi connectivity index (χ0) is 13.8. The van der Waals surface area contributed by atoms with Crippen molar-refractivity contribution in [2.75, 3.05) is 20.1 Å². The lowest BCUT2D eigenvalue weighted by molar-refractivity contribution is 0.0707. The van der Waals surface area contributed by atoms with Crippen LogP contribution < -0.4 is 5.32 Å². The molecule has 3 heteroatoms. The number of piperidine rings is 1.